The number of nitrogens with zero attached hydrogens (tertiary/aromatic N) is 1. The van der Waals surface area contributed by atoms with Crippen molar-refractivity contribution >= 4 is 38.3 Å². The number of carboxylic acids is 1. The van der Waals surface area contributed by atoms with Crippen LogP contribution in [0, 0.1) is 5.82 Å². The van der Waals surface area contributed by atoms with E-state index < -0.39 is 40.3 Å². The zero-order chi connectivity index (χ0) is 22.5. The number of fused-ring (bicyclic) bond motifs is 3. The van der Waals surface area contributed by atoms with Crippen LogP contribution in [0.15, 0.2) is 41.3 Å². The maximum absolute atomic E-state index is 14.5. The number of rotatable bonds is 6. The largest absolute Gasteiger partial charge is 0.481 e. The van der Waals surface area contributed by atoms with Crippen LogP contribution in [0.4, 0.5) is 8.78 Å². The van der Waals surface area contributed by atoms with Gasteiger partial charge in [0, 0.05) is 28.3 Å². The summed E-state index contributed by atoms with van der Waals surface area (Å²) in [6.45, 7) is -0.863. The molecule has 0 saturated carbocycles. The van der Waals surface area contributed by atoms with Crippen LogP contribution in [0.25, 0.3) is 10.9 Å². The van der Waals surface area contributed by atoms with E-state index in [2.05, 4.69) is 0 Å². The van der Waals surface area contributed by atoms with Gasteiger partial charge in [0.15, 0.2) is 9.84 Å². The third kappa shape index (κ3) is 3.83. The van der Waals surface area contributed by atoms with Crippen LogP contribution in [0.1, 0.15) is 41.6 Å². The number of benzene rings is 2. The molecule has 5 nitrogen and oxygen atoms in total. The Balaban J connectivity index is 2.11. The Morgan fingerprint density at radius 1 is 1.29 bits per heavy atom. The van der Waals surface area contributed by atoms with Crippen molar-refractivity contribution in [2.75, 3.05) is 12.9 Å². The average molecular weight is 468 g/mol. The molecule has 2 aromatic carbocycles. The summed E-state index contributed by atoms with van der Waals surface area (Å²) in [5, 5.41) is 10.2. The molecule has 0 amide bonds. The van der Waals surface area contributed by atoms with Crippen LogP contribution >= 0.6 is 11.6 Å². The Hall–Kier alpha value is -2.45. The van der Waals surface area contributed by atoms with E-state index in [0.29, 0.717) is 40.1 Å². The van der Waals surface area contributed by atoms with Crippen LogP contribution < -0.4 is 0 Å². The van der Waals surface area contributed by atoms with Crippen molar-refractivity contribution in [3.63, 3.8) is 0 Å². The number of aryl methyl sites for hydroxylation is 1. The predicted molar refractivity (Wildman–Crippen MR) is 114 cm³/mol. The van der Waals surface area contributed by atoms with E-state index in [4.69, 9.17) is 11.6 Å². The summed E-state index contributed by atoms with van der Waals surface area (Å²) < 4.78 is 55.6. The zero-order valence-electron chi connectivity index (χ0n) is 16.6. The highest BCUT2D eigenvalue weighted by Crippen LogP contribution is 2.46. The summed E-state index contributed by atoms with van der Waals surface area (Å²) in [4.78, 5) is 11.2. The monoisotopic (exact) mass is 467 g/mol. The van der Waals surface area contributed by atoms with Gasteiger partial charge in [-0.2, -0.15) is 0 Å². The number of hydrogen-bond donors (Lipinski definition) is 1. The van der Waals surface area contributed by atoms with Gasteiger partial charge in [-0.25, -0.2) is 17.2 Å². The van der Waals surface area contributed by atoms with Crippen LogP contribution in [0.3, 0.4) is 0 Å². The van der Waals surface area contributed by atoms with Crippen molar-refractivity contribution in [3.8, 4) is 0 Å². The number of alkyl halides is 1. The fourth-order valence-corrected chi connectivity index (χ4v) is 5.64. The highest BCUT2D eigenvalue weighted by Gasteiger charge is 2.36. The molecule has 0 aliphatic heterocycles. The lowest BCUT2D eigenvalue weighted by Crippen LogP contribution is -2.19. The summed E-state index contributed by atoms with van der Waals surface area (Å²) in [5.74, 6) is -2.15. The van der Waals surface area contributed by atoms with Crippen molar-refractivity contribution < 1.29 is 27.1 Å². The van der Waals surface area contributed by atoms with E-state index in [-0.39, 0.29) is 16.8 Å². The molecule has 1 heterocycles. The van der Waals surface area contributed by atoms with Crippen LogP contribution in [0.2, 0.25) is 5.02 Å². The Morgan fingerprint density at radius 2 is 1.97 bits per heavy atom. The molecule has 0 spiro atoms. The average Bonchev–Trinajstić information content (AvgIpc) is 3.22. The first-order valence-corrected chi connectivity index (χ1v) is 12.0. The number of aromatic nitrogens is 1. The van der Waals surface area contributed by atoms with E-state index in [0.717, 1.165) is 12.3 Å². The van der Waals surface area contributed by atoms with Gasteiger partial charge in [-0.15, -0.1) is 0 Å². The second-order valence-electron chi connectivity index (χ2n) is 7.86. The van der Waals surface area contributed by atoms with Gasteiger partial charge >= 0.3 is 5.97 Å². The van der Waals surface area contributed by atoms with Crippen molar-refractivity contribution in [1.82, 2.24) is 4.57 Å². The molecule has 164 valence electrons. The normalized spacial score (nSPS) is 17.1. The molecular formula is C22H20ClF2NO4S. The van der Waals surface area contributed by atoms with Crippen molar-refractivity contribution in [1.29, 1.82) is 0 Å². The summed E-state index contributed by atoms with van der Waals surface area (Å²) >= 11 is 5.97. The molecule has 0 bridgehead atoms. The summed E-state index contributed by atoms with van der Waals surface area (Å²) in [6.07, 6.45) is 1.77. The fourth-order valence-electron chi connectivity index (χ4n) is 4.63. The molecule has 1 aliphatic carbocycles. The van der Waals surface area contributed by atoms with Gasteiger partial charge < -0.3 is 9.67 Å². The fraction of sp³-hybridized carbons (Fsp3) is 0.318. The number of aliphatic carboxylic acids is 1. The Labute approximate surface area is 183 Å². The molecule has 2 atom stereocenters. The number of hydrogen-bond acceptors (Lipinski definition) is 3. The maximum atomic E-state index is 14.5. The van der Waals surface area contributed by atoms with Gasteiger partial charge in [-0.3, -0.25) is 4.79 Å². The second kappa shape index (κ2) is 7.91. The molecule has 0 unspecified atom stereocenters. The minimum absolute atomic E-state index is 0.181. The number of carboxylic acid groups (broad SMARTS) is 1. The number of carbonyl (C=O) groups is 1. The summed E-state index contributed by atoms with van der Waals surface area (Å²) in [5.41, 5.74) is 2.00. The van der Waals surface area contributed by atoms with Gasteiger partial charge in [0.05, 0.1) is 22.9 Å². The Bertz CT molecular complexity index is 1290. The molecule has 0 fully saturated rings. The molecule has 1 N–H and O–H groups in total. The van der Waals surface area contributed by atoms with E-state index in [1.165, 1.54) is 6.07 Å². The Morgan fingerprint density at radius 3 is 2.55 bits per heavy atom. The molecule has 9 heteroatoms. The van der Waals surface area contributed by atoms with Crippen molar-refractivity contribution in [3.05, 3.63) is 64.1 Å². The van der Waals surface area contributed by atoms with Crippen LogP contribution in [-0.4, -0.2) is 37.0 Å². The van der Waals surface area contributed by atoms with E-state index in [9.17, 15) is 27.1 Å². The molecule has 0 radical (unpaired) electrons. The lowest BCUT2D eigenvalue weighted by molar-refractivity contribution is -0.137. The highest BCUT2D eigenvalue weighted by molar-refractivity contribution is 7.91. The molecule has 1 aromatic heterocycles. The summed E-state index contributed by atoms with van der Waals surface area (Å²) in [7, 11) is -3.85. The van der Waals surface area contributed by atoms with Gasteiger partial charge in [-0.05, 0) is 48.2 Å². The van der Waals surface area contributed by atoms with E-state index >= 15 is 0 Å². The van der Waals surface area contributed by atoms with Crippen LogP contribution in [-0.2, 0) is 21.1 Å². The molecule has 4 rings (SSSR count). The van der Waals surface area contributed by atoms with Gasteiger partial charge in [0.25, 0.3) is 0 Å². The second-order valence-corrected chi connectivity index (χ2v) is 10.3. The van der Waals surface area contributed by atoms with Crippen LogP contribution in [0.5, 0.6) is 0 Å². The number of sulfone groups is 1. The van der Waals surface area contributed by atoms with E-state index in [1.54, 1.807) is 28.8 Å². The smallest absolute Gasteiger partial charge is 0.304 e. The first kappa shape index (κ1) is 21.8. The third-order valence-electron chi connectivity index (χ3n) is 5.84. The number of halogens is 3. The molecule has 0 saturated heterocycles. The van der Waals surface area contributed by atoms with Gasteiger partial charge in [0.1, 0.15) is 12.5 Å². The first-order valence-electron chi connectivity index (χ1n) is 9.71. The summed E-state index contributed by atoms with van der Waals surface area (Å²) in [6, 6.07) is 7.79. The molecule has 1 aliphatic rings. The minimum atomic E-state index is -3.85. The minimum Gasteiger partial charge on any atom is -0.481 e. The Kier molecular flexibility index (Phi) is 5.55. The maximum Gasteiger partial charge on any atom is 0.304 e. The SMILES string of the molecule is CS(=O)(=O)c1cc(F)cc2c3c(n([C@@H](CF)c4ccc(Cl)cc4)c12)[C@@H](CC(=O)O)CC3. The quantitative estimate of drug-likeness (QED) is 0.559. The standard InChI is InChI=1S/C22H20ClF2NO4S/c1-31(29,30)19-10-15(25)9-17-16-7-4-13(8-20(27)28)21(16)26(22(17)19)18(11-24)12-2-5-14(23)6-3-12/h2-3,5-6,9-10,13,18H,4,7-8,11H2,1H3,(H,27,28)/t13-,18+/m1/s1. The molecule has 3 aromatic rings. The lowest BCUT2D eigenvalue weighted by Gasteiger charge is -2.24. The van der Waals surface area contributed by atoms with E-state index in [1.807, 2.05) is 0 Å². The van der Waals surface area contributed by atoms with Crippen molar-refractivity contribution in [2.45, 2.75) is 36.1 Å². The highest BCUT2D eigenvalue weighted by atomic mass is 35.5. The molecule has 31 heavy (non-hydrogen) atoms. The molecular weight excluding hydrogens is 448 g/mol. The first-order chi connectivity index (χ1) is 14.6. The van der Waals surface area contributed by atoms with Gasteiger partial charge in [-0.1, -0.05) is 23.7 Å². The topological polar surface area (TPSA) is 76.4 Å². The third-order valence-corrected chi connectivity index (χ3v) is 7.20. The van der Waals surface area contributed by atoms with Gasteiger partial charge in [0.2, 0.25) is 0 Å². The predicted octanol–water partition coefficient (Wildman–Crippen LogP) is 4.90. The zero-order valence-corrected chi connectivity index (χ0v) is 18.2. The van der Waals surface area contributed by atoms with Crippen molar-refractivity contribution in [2.24, 2.45) is 0 Å². The lowest BCUT2D eigenvalue weighted by atomic mass is 10.0.